The Labute approximate surface area is 81.2 Å². The molecule has 1 nitrogen and oxygen atoms in total. The van der Waals surface area contributed by atoms with Crippen molar-refractivity contribution >= 4 is 30.3 Å². The SMILES string of the molecule is O=Cc1cc(C#CCCS)cs1. The lowest BCUT2D eigenvalue weighted by Crippen LogP contribution is -1.70. The molecule has 1 rings (SSSR count). The van der Waals surface area contributed by atoms with E-state index in [1.165, 1.54) is 11.3 Å². The van der Waals surface area contributed by atoms with Crippen molar-refractivity contribution in [3.8, 4) is 11.8 Å². The maximum Gasteiger partial charge on any atom is 0.160 e. The van der Waals surface area contributed by atoms with Gasteiger partial charge in [-0.15, -0.1) is 11.3 Å². The largest absolute Gasteiger partial charge is 0.297 e. The van der Waals surface area contributed by atoms with E-state index in [1.54, 1.807) is 6.07 Å². The van der Waals surface area contributed by atoms with Gasteiger partial charge in [0.25, 0.3) is 0 Å². The second-order valence-corrected chi connectivity index (χ2v) is 3.52. The summed E-state index contributed by atoms with van der Waals surface area (Å²) in [6.07, 6.45) is 1.63. The second kappa shape index (κ2) is 5.02. The summed E-state index contributed by atoms with van der Waals surface area (Å²) < 4.78 is 0. The number of carbonyl (C=O) groups is 1. The number of rotatable bonds is 2. The second-order valence-electron chi connectivity index (χ2n) is 2.13. The van der Waals surface area contributed by atoms with Gasteiger partial charge < -0.3 is 0 Å². The van der Waals surface area contributed by atoms with E-state index in [4.69, 9.17) is 0 Å². The molecule has 0 unspecified atom stereocenters. The predicted molar refractivity (Wildman–Crippen MR) is 55.1 cm³/mol. The molecular formula is C9H8OS2. The summed E-state index contributed by atoms with van der Waals surface area (Å²) in [6.45, 7) is 0. The Bertz CT molecular complexity index is 317. The Hall–Kier alpha value is -0.720. The Kier molecular flexibility index (Phi) is 3.92. The standard InChI is InChI=1S/C9H8OS2/c10-6-9-5-8(7-12-9)3-1-2-4-11/h5-7,11H,2,4H2. The van der Waals surface area contributed by atoms with Crippen LogP contribution in [0.25, 0.3) is 0 Å². The van der Waals surface area contributed by atoms with Crippen LogP contribution in [0.1, 0.15) is 21.7 Å². The minimum atomic E-state index is 0.727. The van der Waals surface area contributed by atoms with E-state index in [0.29, 0.717) is 0 Å². The number of aldehydes is 1. The van der Waals surface area contributed by atoms with E-state index in [2.05, 4.69) is 24.5 Å². The Morgan fingerprint density at radius 2 is 2.50 bits per heavy atom. The summed E-state index contributed by atoms with van der Waals surface area (Å²) in [5.74, 6) is 6.68. The van der Waals surface area contributed by atoms with Crippen molar-refractivity contribution in [2.24, 2.45) is 0 Å². The number of hydrogen-bond acceptors (Lipinski definition) is 3. The Morgan fingerprint density at radius 1 is 1.67 bits per heavy atom. The zero-order chi connectivity index (χ0) is 8.81. The fourth-order valence-electron chi connectivity index (χ4n) is 0.701. The van der Waals surface area contributed by atoms with Crippen LogP contribution in [0, 0.1) is 11.8 Å². The number of hydrogen-bond donors (Lipinski definition) is 1. The van der Waals surface area contributed by atoms with Crippen LogP contribution in [-0.2, 0) is 0 Å². The molecule has 0 aliphatic rings. The maximum atomic E-state index is 10.3. The number of carbonyl (C=O) groups excluding carboxylic acids is 1. The molecule has 1 aromatic rings. The third-order valence-corrected chi connectivity index (χ3v) is 2.29. The van der Waals surface area contributed by atoms with Gasteiger partial charge in [0, 0.05) is 23.1 Å². The van der Waals surface area contributed by atoms with E-state index < -0.39 is 0 Å². The first-order valence-corrected chi connectivity index (χ1v) is 5.01. The summed E-state index contributed by atoms with van der Waals surface area (Å²) in [5.41, 5.74) is 0.920. The molecule has 0 saturated carbocycles. The van der Waals surface area contributed by atoms with Gasteiger partial charge in [0.15, 0.2) is 6.29 Å². The molecule has 62 valence electrons. The van der Waals surface area contributed by atoms with Crippen molar-refractivity contribution in [3.05, 3.63) is 21.9 Å². The molecule has 0 aliphatic heterocycles. The summed E-state index contributed by atoms with van der Waals surface area (Å²) in [6, 6.07) is 1.79. The van der Waals surface area contributed by atoms with Crippen LogP contribution in [0.15, 0.2) is 11.4 Å². The van der Waals surface area contributed by atoms with Gasteiger partial charge in [-0.05, 0) is 6.07 Å². The van der Waals surface area contributed by atoms with Crippen LogP contribution >= 0.6 is 24.0 Å². The quantitative estimate of drug-likeness (QED) is 0.436. The predicted octanol–water partition coefficient (Wildman–Crippen LogP) is 2.23. The Morgan fingerprint density at radius 3 is 3.08 bits per heavy atom. The zero-order valence-corrected chi connectivity index (χ0v) is 8.12. The molecule has 0 spiro atoms. The van der Waals surface area contributed by atoms with Crippen molar-refractivity contribution in [2.75, 3.05) is 5.75 Å². The average molecular weight is 196 g/mol. The van der Waals surface area contributed by atoms with Crippen molar-refractivity contribution in [1.82, 2.24) is 0 Å². The fraction of sp³-hybridized carbons (Fsp3) is 0.222. The smallest absolute Gasteiger partial charge is 0.160 e. The van der Waals surface area contributed by atoms with Crippen LogP contribution in [-0.4, -0.2) is 12.0 Å². The highest BCUT2D eigenvalue weighted by Gasteiger charge is 1.93. The zero-order valence-electron chi connectivity index (χ0n) is 6.41. The highest BCUT2D eigenvalue weighted by molar-refractivity contribution is 7.80. The molecular weight excluding hydrogens is 188 g/mol. The molecule has 0 N–H and O–H groups in total. The molecule has 0 atom stereocenters. The Balaban J connectivity index is 2.65. The first kappa shape index (κ1) is 9.37. The molecule has 0 aliphatic carbocycles. The van der Waals surface area contributed by atoms with Crippen LogP contribution in [0.2, 0.25) is 0 Å². The van der Waals surface area contributed by atoms with Crippen molar-refractivity contribution < 1.29 is 4.79 Å². The molecule has 0 saturated heterocycles. The summed E-state index contributed by atoms with van der Waals surface area (Å²) in [4.78, 5) is 11.0. The molecule has 1 aromatic heterocycles. The van der Waals surface area contributed by atoms with E-state index >= 15 is 0 Å². The first-order valence-electron chi connectivity index (χ1n) is 3.50. The van der Waals surface area contributed by atoms with E-state index in [-0.39, 0.29) is 0 Å². The molecule has 0 aromatic carbocycles. The van der Waals surface area contributed by atoms with Crippen molar-refractivity contribution in [1.29, 1.82) is 0 Å². The van der Waals surface area contributed by atoms with Gasteiger partial charge >= 0.3 is 0 Å². The molecule has 0 amide bonds. The highest BCUT2D eigenvalue weighted by Crippen LogP contribution is 2.10. The van der Waals surface area contributed by atoms with Crippen molar-refractivity contribution in [3.63, 3.8) is 0 Å². The molecule has 3 heteroatoms. The lowest BCUT2D eigenvalue weighted by atomic mass is 10.3. The maximum absolute atomic E-state index is 10.3. The third kappa shape index (κ3) is 2.72. The molecule has 12 heavy (non-hydrogen) atoms. The molecule has 0 bridgehead atoms. The molecule has 0 fully saturated rings. The summed E-state index contributed by atoms with van der Waals surface area (Å²) >= 11 is 5.45. The average Bonchev–Trinajstić information content (AvgIpc) is 2.53. The van der Waals surface area contributed by atoms with Gasteiger partial charge in [-0.1, -0.05) is 11.8 Å². The van der Waals surface area contributed by atoms with Crippen molar-refractivity contribution in [2.45, 2.75) is 6.42 Å². The first-order chi connectivity index (χ1) is 5.86. The minimum Gasteiger partial charge on any atom is -0.297 e. The topological polar surface area (TPSA) is 17.1 Å². The van der Waals surface area contributed by atoms with E-state index in [9.17, 15) is 4.79 Å². The van der Waals surface area contributed by atoms with Gasteiger partial charge in [0.05, 0.1) is 4.88 Å². The van der Waals surface area contributed by atoms with E-state index in [1.807, 2.05) is 5.38 Å². The van der Waals surface area contributed by atoms with Crippen LogP contribution in [0.5, 0.6) is 0 Å². The van der Waals surface area contributed by atoms with Crippen LogP contribution in [0.4, 0.5) is 0 Å². The van der Waals surface area contributed by atoms with Crippen LogP contribution < -0.4 is 0 Å². The third-order valence-electron chi connectivity index (χ3n) is 1.21. The van der Waals surface area contributed by atoms with Gasteiger partial charge in [-0.25, -0.2) is 0 Å². The fourth-order valence-corrected chi connectivity index (χ4v) is 1.45. The monoisotopic (exact) mass is 196 g/mol. The summed E-state index contributed by atoms with van der Waals surface area (Å²) in [7, 11) is 0. The van der Waals surface area contributed by atoms with Crippen LogP contribution in [0.3, 0.4) is 0 Å². The normalized spacial score (nSPS) is 8.75. The van der Waals surface area contributed by atoms with E-state index in [0.717, 1.165) is 28.9 Å². The number of thiol groups is 1. The van der Waals surface area contributed by atoms with Gasteiger partial charge in [0.1, 0.15) is 0 Å². The van der Waals surface area contributed by atoms with Gasteiger partial charge in [-0.3, -0.25) is 4.79 Å². The lowest BCUT2D eigenvalue weighted by Gasteiger charge is -1.77. The highest BCUT2D eigenvalue weighted by atomic mass is 32.1. The van der Waals surface area contributed by atoms with Gasteiger partial charge in [-0.2, -0.15) is 12.6 Å². The van der Waals surface area contributed by atoms with Gasteiger partial charge in [0.2, 0.25) is 0 Å². The minimum absolute atomic E-state index is 0.727. The summed E-state index contributed by atoms with van der Waals surface area (Å²) in [5, 5.41) is 1.88. The molecule has 1 heterocycles. The lowest BCUT2D eigenvalue weighted by molar-refractivity contribution is 0.112. The number of thiophene rings is 1. The molecule has 0 radical (unpaired) electrons.